The van der Waals surface area contributed by atoms with Gasteiger partial charge in [-0.3, -0.25) is 0 Å². The van der Waals surface area contributed by atoms with Crippen molar-refractivity contribution in [1.82, 2.24) is 9.97 Å². The molecule has 1 rings (SSSR count). The SMILES string of the molecule is CCCNc1cc(N(C)C(C)CCSC)nc(C)n1. The molecule has 1 aromatic heterocycles. The van der Waals surface area contributed by atoms with Crippen molar-refractivity contribution >= 4 is 23.4 Å². The zero-order valence-electron chi connectivity index (χ0n) is 12.7. The second-order valence-electron chi connectivity index (χ2n) is 4.83. The summed E-state index contributed by atoms with van der Waals surface area (Å²) in [6, 6.07) is 2.53. The first-order chi connectivity index (χ1) is 9.08. The molecule has 0 amide bonds. The molecule has 1 heterocycles. The Morgan fingerprint density at radius 2 is 2.16 bits per heavy atom. The van der Waals surface area contributed by atoms with Gasteiger partial charge in [0.2, 0.25) is 0 Å². The Balaban J connectivity index is 2.77. The fourth-order valence-corrected chi connectivity index (χ4v) is 2.36. The fourth-order valence-electron chi connectivity index (χ4n) is 1.78. The molecular weight excluding hydrogens is 256 g/mol. The van der Waals surface area contributed by atoms with Gasteiger partial charge in [-0.25, -0.2) is 9.97 Å². The highest BCUT2D eigenvalue weighted by molar-refractivity contribution is 7.98. The third-order valence-electron chi connectivity index (χ3n) is 3.14. The number of nitrogens with one attached hydrogen (secondary N) is 1. The Morgan fingerprint density at radius 3 is 2.79 bits per heavy atom. The number of rotatable bonds is 8. The highest BCUT2D eigenvalue weighted by Crippen LogP contribution is 2.18. The van der Waals surface area contributed by atoms with Crippen LogP contribution in [0.15, 0.2) is 6.07 Å². The van der Waals surface area contributed by atoms with Gasteiger partial charge in [0.15, 0.2) is 0 Å². The topological polar surface area (TPSA) is 41.0 Å². The van der Waals surface area contributed by atoms with Gasteiger partial charge in [-0.15, -0.1) is 0 Å². The number of hydrogen-bond acceptors (Lipinski definition) is 5. The minimum absolute atomic E-state index is 0.487. The van der Waals surface area contributed by atoms with Crippen LogP contribution in [0.25, 0.3) is 0 Å². The fraction of sp³-hybridized carbons (Fsp3) is 0.714. The van der Waals surface area contributed by atoms with Gasteiger partial charge in [-0.2, -0.15) is 11.8 Å². The summed E-state index contributed by atoms with van der Waals surface area (Å²) >= 11 is 1.89. The maximum atomic E-state index is 4.54. The average molecular weight is 282 g/mol. The quantitative estimate of drug-likeness (QED) is 0.793. The molecule has 0 aliphatic carbocycles. The lowest BCUT2D eigenvalue weighted by Crippen LogP contribution is -2.30. The van der Waals surface area contributed by atoms with Crippen LogP contribution >= 0.6 is 11.8 Å². The summed E-state index contributed by atoms with van der Waals surface area (Å²) in [5, 5.41) is 3.33. The van der Waals surface area contributed by atoms with Crippen molar-refractivity contribution in [3.05, 3.63) is 11.9 Å². The minimum atomic E-state index is 0.487. The first kappa shape index (κ1) is 16.1. The summed E-state index contributed by atoms with van der Waals surface area (Å²) in [6.07, 6.45) is 4.41. The van der Waals surface area contributed by atoms with Crippen LogP contribution in [0.3, 0.4) is 0 Å². The first-order valence-electron chi connectivity index (χ1n) is 6.89. The number of anilines is 2. The van der Waals surface area contributed by atoms with Crippen LogP contribution in [0.4, 0.5) is 11.6 Å². The largest absolute Gasteiger partial charge is 0.370 e. The predicted molar refractivity (Wildman–Crippen MR) is 86.4 cm³/mol. The number of thioether (sulfide) groups is 1. The van der Waals surface area contributed by atoms with E-state index < -0.39 is 0 Å². The lowest BCUT2D eigenvalue weighted by Gasteiger charge is -2.26. The molecule has 0 saturated carbocycles. The zero-order chi connectivity index (χ0) is 14.3. The molecule has 108 valence electrons. The molecule has 0 radical (unpaired) electrons. The van der Waals surface area contributed by atoms with E-state index in [9.17, 15) is 0 Å². The summed E-state index contributed by atoms with van der Waals surface area (Å²) in [6.45, 7) is 7.29. The van der Waals surface area contributed by atoms with Crippen molar-refractivity contribution in [3.63, 3.8) is 0 Å². The second-order valence-corrected chi connectivity index (χ2v) is 5.81. The summed E-state index contributed by atoms with van der Waals surface area (Å²) in [5.41, 5.74) is 0. The number of hydrogen-bond donors (Lipinski definition) is 1. The molecule has 1 atom stereocenters. The molecule has 0 aromatic carbocycles. The van der Waals surface area contributed by atoms with E-state index in [2.05, 4.69) is 47.3 Å². The summed E-state index contributed by atoms with van der Waals surface area (Å²) < 4.78 is 0. The van der Waals surface area contributed by atoms with Crippen LogP contribution < -0.4 is 10.2 Å². The van der Waals surface area contributed by atoms with Crippen molar-refractivity contribution in [3.8, 4) is 0 Å². The molecule has 0 bridgehead atoms. The van der Waals surface area contributed by atoms with Gasteiger partial charge in [0.1, 0.15) is 17.5 Å². The van der Waals surface area contributed by atoms with E-state index in [1.165, 1.54) is 12.2 Å². The molecule has 0 aliphatic rings. The second kappa shape index (κ2) is 8.25. The predicted octanol–water partition coefficient (Wildman–Crippen LogP) is 3.18. The third-order valence-corrected chi connectivity index (χ3v) is 3.79. The monoisotopic (exact) mass is 282 g/mol. The maximum absolute atomic E-state index is 4.54. The van der Waals surface area contributed by atoms with Gasteiger partial charge in [0.05, 0.1) is 0 Å². The van der Waals surface area contributed by atoms with Gasteiger partial charge >= 0.3 is 0 Å². The summed E-state index contributed by atoms with van der Waals surface area (Å²) in [7, 11) is 2.11. The molecule has 0 aliphatic heterocycles. The molecule has 4 nitrogen and oxygen atoms in total. The number of aromatic nitrogens is 2. The van der Waals surface area contributed by atoms with Gasteiger partial charge in [0, 0.05) is 25.7 Å². The van der Waals surface area contributed by atoms with Crippen molar-refractivity contribution in [1.29, 1.82) is 0 Å². The Hall–Kier alpha value is -0.970. The highest BCUT2D eigenvalue weighted by Gasteiger charge is 2.12. The number of aryl methyl sites for hydroxylation is 1. The number of nitrogens with zero attached hydrogens (tertiary/aromatic N) is 3. The van der Waals surface area contributed by atoms with E-state index in [4.69, 9.17) is 0 Å². The molecule has 5 heteroatoms. The first-order valence-corrected chi connectivity index (χ1v) is 8.29. The lowest BCUT2D eigenvalue weighted by atomic mass is 10.2. The zero-order valence-corrected chi connectivity index (χ0v) is 13.5. The molecule has 0 fully saturated rings. The van der Waals surface area contributed by atoms with Gasteiger partial charge in [-0.05, 0) is 38.7 Å². The normalized spacial score (nSPS) is 12.3. The van der Waals surface area contributed by atoms with Crippen molar-refractivity contribution in [2.45, 2.75) is 39.7 Å². The van der Waals surface area contributed by atoms with Crippen LogP contribution in [0.5, 0.6) is 0 Å². The summed E-state index contributed by atoms with van der Waals surface area (Å²) in [5.74, 6) is 3.92. The van der Waals surface area contributed by atoms with E-state index >= 15 is 0 Å². The van der Waals surface area contributed by atoms with Crippen LogP contribution in [0.2, 0.25) is 0 Å². The van der Waals surface area contributed by atoms with E-state index in [1.54, 1.807) is 0 Å². The maximum Gasteiger partial charge on any atom is 0.134 e. The van der Waals surface area contributed by atoms with Gasteiger partial charge in [-0.1, -0.05) is 6.92 Å². The van der Waals surface area contributed by atoms with Crippen molar-refractivity contribution < 1.29 is 0 Å². The third kappa shape index (κ3) is 5.27. The molecule has 1 unspecified atom stereocenters. The van der Waals surface area contributed by atoms with E-state index in [0.717, 1.165) is 30.4 Å². The Labute approximate surface area is 121 Å². The van der Waals surface area contributed by atoms with Crippen LogP contribution in [0, 0.1) is 6.92 Å². The lowest BCUT2D eigenvalue weighted by molar-refractivity contribution is 0.660. The average Bonchev–Trinajstić information content (AvgIpc) is 2.41. The Morgan fingerprint density at radius 1 is 1.42 bits per heavy atom. The Kier molecular flexibility index (Phi) is 6.99. The molecule has 1 N–H and O–H groups in total. The van der Waals surface area contributed by atoms with Crippen molar-refractivity contribution in [2.75, 3.05) is 35.8 Å². The summed E-state index contributed by atoms with van der Waals surface area (Å²) in [4.78, 5) is 11.2. The molecule has 1 aromatic rings. The van der Waals surface area contributed by atoms with Crippen LogP contribution in [-0.4, -0.2) is 41.6 Å². The van der Waals surface area contributed by atoms with Gasteiger partial charge in [0.25, 0.3) is 0 Å². The minimum Gasteiger partial charge on any atom is -0.370 e. The van der Waals surface area contributed by atoms with Crippen molar-refractivity contribution in [2.24, 2.45) is 0 Å². The van der Waals surface area contributed by atoms with E-state index in [0.29, 0.717) is 6.04 Å². The van der Waals surface area contributed by atoms with Crippen LogP contribution in [-0.2, 0) is 0 Å². The Bertz CT molecular complexity index is 384. The van der Waals surface area contributed by atoms with Gasteiger partial charge < -0.3 is 10.2 Å². The standard InChI is InChI=1S/C14H26N4S/c1-6-8-15-13-10-14(17-12(3)16-13)18(4)11(2)7-9-19-5/h10-11H,6-9H2,1-5H3,(H,15,16,17). The van der Waals surface area contributed by atoms with Crippen LogP contribution in [0.1, 0.15) is 32.5 Å². The molecule has 0 saturated heterocycles. The molecule has 0 spiro atoms. The molecular formula is C14H26N4S. The van der Waals surface area contributed by atoms with E-state index in [1.807, 2.05) is 24.8 Å². The smallest absolute Gasteiger partial charge is 0.134 e. The highest BCUT2D eigenvalue weighted by atomic mass is 32.2. The molecule has 19 heavy (non-hydrogen) atoms. The van der Waals surface area contributed by atoms with E-state index in [-0.39, 0.29) is 0 Å².